The molecule has 3 aromatic rings. The third-order valence-corrected chi connectivity index (χ3v) is 4.12. The van der Waals surface area contributed by atoms with Gasteiger partial charge in [0.05, 0.1) is 11.7 Å². The van der Waals surface area contributed by atoms with Crippen molar-refractivity contribution in [2.75, 3.05) is 36.0 Å². The molecule has 4 heterocycles. The minimum atomic E-state index is 0.588. The van der Waals surface area contributed by atoms with E-state index >= 15 is 0 Å². The van der Waals surface area contributed by atoms with E-state index in [1.54, 1.807) is 12.5 Å². The van der Waals surface area contributed by atoms with Crippen molar-refractivity contribution in [3.05, 3.63) is 36.1 Å². The SMILES string of the molecule is Clc1cncnc1N1CCN(c2ncnc3cc[nH]c23)CC1. The van der Waals surface area contributed by atoms with Crippen LogP contribution in [0.5, 0.6) is 0 Å². The van der Waals surface area contributed by atoms with E-state index in [0.29, 0.717) is 5.02 Å². The van der Waals surface area contributed by atoms with Gasteiger partial charge in [0, 0.05) is 32.4 Å². The van der Waals surface area contributed by atoms with Crippen molar-refractivity contribution < 1.29 is 0 Å². The minimum absolute atomic E-state index is 0.588. The van der Waals surface area contributed by atoms with Crippen LogP contribution in [0.15, 0.2) is 31.1 Å². The summed E-state index contributed by atoms with van der Waals surface area (Å²) in [6.45, 7) is 3.38. The van der Waals surface area contributed by atoms with Crippen LogP contribution in [-0.4, -0.2) is 51.1 Å². The lowest BCUT2D eigenvalue weighted by Gasteiger charge is -2.36. The van der Waals surface area contributed by atoms with E-state index in [0.717, 1.165) is 48.8 Å². The Labute approximate surface area is 132 Å². The second-order valence-corrected chi connectivity index (χ2v) is 5.51. The third kappa shape index (κ3) is 2.23. The van der Waals surface area contributed by atoms with Crippen LogP contribution in [0.1, 0.15) is 0 Å². The summed E-state index contributed by atoms with van der Waals surface area (Å²) >= 11 is 6.17. The van der Waals surface area contributed by atoms with Gasteiger partial charge in [-0.15, -0.1) is 0 Å². The molecule has 22 heavy (non-hydrogen) atoms. The molecule has 8 heteroatoms. The zero-order chi connectivity index (χ0) is 14.9. The maximum atomic E-state index is 6.17. The Morgan fingerprint density at radius 2 is 1.68 bits per heavy atom. The molecular formula is C14H14ClN7. The number of fused-ring (bicyclic) bond motifs is 1. The predicted molar refractivity (Wildman–Crippen MR) is 85.4 cm³/mol. The van der Waals surface area contributed by atoms with Gasteiger partial charge in [-0.05, 0) is 6.07 Å². The van der Waals surface area contributed by atoms with Crippen molar-refractivity contribution in [3.8, 4) is 0 Å². The Hall–Kier alpha value is -2.41. The van der Waals surface area contributed by atoms with Gasteiger partial charge in [-0.1, -0.05) is 11.6 Å². The molecule has 3 aromatic heterocycles. The number of hydrogen-bond donors (Lipinski definition) is 1. The second-order valence-electron chi connectivity index (χ2n) is 5.10. The zero-order valence-corrected chi connectivity index (χ0v) is 12.5. The molecule has 0 unspecified atom stereocenters. The summed E-state index contributed by atoms with van der Waals surface area (Å²) in [4.78, 5) is 24.5. The molecule has 0 amide bonds. The molecule has 112 valence electrons. The zero-order valence-electron chi connectivity index (χ0n) is 11.8. The molecule has 1 N–H and O–H groups in total. The maximum absolute atomic E-state index is 6.17. The summed E-state index contributed by atoms with van der Waals surface area (Å²) in [5, 5.41) is 0.588. The lowest BCUT2D eigenvalue weighted by molar-refractivity contribution is 0.642. The van der Waals surface area contributed by atoms with Crippen molar-refractivity contribution in [2.24, 2.45) is 0 Å². The largest absolute Gasteiger partial charge is 0.357 e. The van der Waals surface area contributed by atoms with Crippen LogP contribution >= 0.6 is 11.6 Å². The highest BCUT2D eigenvalue weighted by Gasteiger charge is 2.22. The van der Waals surface area contributed by atoms with Gasteiger partial charge in [0.1, 0.15) is 23.2 Å². The Kier molecular flexibility index (Phi) is 3.27. The summed E-state index contributed by atoms with van der Waals surface area (Å²) in [5.41, 5.74) is 1.92. The van der Waals surface area contributed by atoms with E-state index in [9.17, 15) is 0 Å². The van der Waals surface area contributed by atoms with Gasteiger partial charge in [-0.2, -0.15) is 0 Å². The van der Waals surface area contributed by atoms with Gasteiger partial charge in [0.2, 0.25) is 0 Å². The quantitative estimate of drug-likeness (QED) is 0.776. The standard InChI is InChI=1S/C14H14ClN7/c15-10-7-16-8-19-13(10)21-3-5-22(6-4-21)14-12-11(1-2-17-12)18-9-20-14/h1-2,7-9,17H,3-6H2. The molecule has 1 aliphatic heterocycles. The molecule has 4 rings (SSSR count). The van der Waals surface area contributed by atoms with Gasteiger partial charge < -0.3 is 14.8 Å². The fourth-order valence-corrected chi connectivity index (χ4v) is 2.99. The molecule has 0 aliphatic carbocycles. The number of aromatic nitrogens is 5. The molecule has 0 saturated carbocycles. The highest BCUT2D eigenvalue weighted by atomic mass is 35.5. The van der Waals surface area contributed by atoms with E-state index in [2.05, 4.69) is 34.7 Å². The number of nitrogens with one attached hydrogen (secondary N) is 1. The van der Waals surface area contributed by atoms with Crippen molar-refractivity contribution in [2.45, 2.75) is 0 Å². The van der Waals surface area contributed by atoms with Gasteiger partial charge in [0.25, 0.3) is 0 Å². The van der Waals surface area contributed by atoms with Gasteiger partial charge in [0.15, 0.2) is 11.6 Å². The van der Waals surface area contributed by atoms with Crippen LogP contribution in [0.3, 0.4) is 0 Å². The van der Waals surface area contributed by atoms with E-state index in [4.69, 9.17) is 11.6 Å². The van der Waals surface area contributed by atoms with Crippen molar-refractivity contribution in [1.82, 2.24) is 24.9 Å². The molecule has 0 aromatic carbocycles. The van der Waals surface area contributed by atoms with Crippen molar-refractivity contribution in [3.63, 3.8) is 0 Å². The fourth-order valence-electron chi connectivity index (χ4n) is 2.77. The first-order valence-corrected chi connectivity index (χ1v) is 7.44. The average Bonchev–Trinajstić information content (AvgIpc) is 3.04. The Morgan fingerprint density at radius 1 is 0.955 bits per heavy atom. The van der Waals surface area contributed by atoms with Crippen LogP contribution in [0, 0.1) is 0 Å². The first-order chi connectivity index (χ1) is 10.8. The lowest BCUT2D eigenvalue weighted by atomic mass is 10.3. The number of aromatic amines is 1. The van der Waals surface area contributed by atoms with Crippen LogP contribution in [0.4, 0.5) is 11.6 Å². The van der Waals surface area contributed by atoms with Gasteiger partial charge >= 0.3 is 0 Å². The van der Waals surface area contributed by atoms with Crippen LogP contribution < -0.4 is 9.80 Å². The van der Waals surface area contributed by atoms with Crippen molar-refractivity contribution >= 4 is 34.3 Å². The number of H-pyrrole nitrogens is 1. The number of hydrogen-bond acceptors (Lipinski definition) is 6. The highest BCUT2D eigenvalue weighted by molar-refractivity contribution is 6.32. The van der Waals surface area contributed by atoms with Gasteiger partial charge in [-0.25, -0.2) is 19.9 Å². The molecular weight excluding hydrogens is 302 g/mol. The fraction of sp³-hybridized carbons (Fsp3) is 0.286. The van der Waals surface area contributed by atoms with E-state index in [1.165, 1.54) is 6.33 Å². The summed E-state index contributed by atoms with van der Waals surface area (Å²) in [7, 11) is 0. The first kappa shape index (κ1) is 13.3. The van der Waals surface area contributed by atoms with Crippen molar-refractivity contribution in [1.29, 1.82) is 0 Å². The number of nitrogens with zero attached hydrogens (tertiary/aromatic N) is 6. The Morgan fingerprint density at radius 3 is 2.45 bits per heavy atom. The number of halogens is 1. The van der Waals surface area contributed by atoms with Crippen LogP contribution in [0.2, 0.25) is 5.02 Å². The van der Waals surface area contributed by atoms with Crippen LogP contribution in [-0.2, 0) is 0 Å². The van der Waals surface area contributed by atoms with E-state index in [-0.39, 0.29) is 0 Å². The van der Waals surface area contributed by atoms with E-state index < -0.39 is 0 Å². The number of rotatable bonds is 2. The number of piperazine rings is 1. The second kappa shape index (κ2) is 5.42. The molecule has 1 saturated heterocycles. The predicted octanol–water partition coefficient (Wildman–Crippen LogP) is 1.73. The summed E-state index contributed by atoms with van der Waals surface area (Å²) in [5.74, 6) is 1.74. The molecule has 0 spiro atoms. The molecule has 1 fully saturated rings. The first-order valence-electron chi connectivity index (χ1n) is 7.06. The number of anilines is 2. The highest BCUT2D eigenvalue weighted by Crippen LogP contribution is 2.26. The molecule has 0 bridgehead atoms. The topological polar surface area (TPSA) is 73.8 Å². The van der Waals surface area contributed by atoms with Crippen LogP contribution in [0.25, 0.3) is 11.0 Å². The molecule has 0 radical (unpaired) electrons. The lowest BCUT2D eigenvalue weighted by Crippen LogP contribution is -2.47. The average molecular weight is 316 g/mol. The third-order valence-electron chi connectivity index (χ3n) is 3.85. The normalized spacial score (nSPS) is 15.5. The summed E-state index contributed by atoms with van der Waals surface area (Å²) in [6, 6.07) is 1.96. The summed E-state index contributed by atoms with van der Waals surface area (Å²) in [6.07, 6.45) is 6.66. The molecule has 7 nitrogen and oxygen atoms in total. The minimum Gasteiger partial charge on any atom is -0.357 e. The van der Waals surface area contributed by atoms with E-state index in [1.807, 2.05) is 12.3 Å². The maximum Gasteiger partial charge on any atom is 0.156 e. The smallest absolute Gasteiger partial charge is 0.156 e. The summed E-state index contributed by atoms with van der Waals surface area (Å²) < 4.78 is 0. The molecule has 0 atom stereocenters. The monoisotopic (exact) mass is 315 g/mol. The molecule has 1 aliphatic rings. The Balaban J connectivity index is 1.55. The Bertz CT molecular complexity index is 794. The van der Waals surface area contributed by atoms with Gasteiger partial charge in [-0.3, -0.25) is 0 Å².